The number of hydrogen-bond donors (Lipinski definition) is 1. The highest BCUT2D eigenvalue weighted by molar-refractivity contribution is 5.94. The van der Waals surface area contributed by atoms with Gasteiger partial charge in [-0.05, 0) is 43.3 Å². The molecule has 0 saturated carbocycles. The fraction of sp³-hybridized carbons (Fsp3) is 0.217. The van der Waals surface area contributed by atoms with Crippen molar-refractivity contribution in [1.29, 1.82) is 0 Å². The van der Waals surface area contributed by atoms with E-state index in [1.54, 1.807) is 43.3 Å². The number of ether oxygens (including phenoxy) is 3. The lowest BCUT2D eigenvalue weighted by Gasteiger charge is -2.13. The summed E-state index contributed by atoms with van der Waals surface area (Å²) in [6, 6.07) is 19.2. The van der Waals surface area contributed by atoms with E-state index in [9.17, 15) is 9.59 Å². The van der Waals surface area contributed by atoms with Crippen molar-refractivity contribution in [1.82, 2.24) is 5.32 Å². The van der Waals surface area contributed by atoms with Gasteiger partial charge in [-0.2, -0.15) is 0 Å². The van der Waals surface area contributed by atoms with E-state index < -0.39 is 18.5 Å². The van der Waals surface area contributed by atoms with Crippen molar-refractivity contribution in [2.45, 2.75) is 13.0 Å². The SMILES string of the molecule is CC(NC(=O)COC(=O)c1ccccc1OCCOc1ccccc1)c1ccco1. The second kappa shape index (κ2) is 10.7. The van der Waals surface area contributed by atoms with Crippen LogP contribution >= 0.6 is 0 Å². The number of esters is 1. The molecule has 7 heteroatoms. The molecule has 0 aliphatic carbocycles. The van der Waals surface area contributed by atoms with Crippen molar-refractivity contribution in [2.75, 3.05) is 19.8 Å². The van der Waals surface area contributed by atoms with E-state index in [0.717, 1.165) is 5.75 Å². The second-order valence-corrected chi connectivity index (χ2v) is 6.39. The van der Waals surface area contributed by atoms with Crippen LogP contribution in [0.1, 0.15) is 29.1 Å². The summed E-state index contributed by atoms with van der Waals surface area (Å²) in [6.07, 6.45) is 1.53. The largest absolute Gasteiger partial charge is 0.490 e. The number of carbonyl (C=O) groups excluding carboxylic acids is 2. The third-order valence-corrected chi connectivity index (χ3v) is 4.14. The minimum atomic E-state index is -0.643. The molecule has 0 radical (unpaired) electrons. The highest BCUT2D eigenvalue weighted by Gasteiger charge is 2.17. The predicted octanol–water partition coefficient (Wildman–Crippen LogP) is 3.77. The molecule has 0 saturated heterocycles. The van der Waals surface area contributed by atoms with Crippen molar-refractivity contribution in [3.63, 3.8) is 0 Å². The maximum Gasteiger partial charge on any atom is 0.342 e. The van der Waals surface area contributed by atoms with Crippen molar-refractivity contribution in [2.24, 2.45) is 0 Å². The molecule has 2 aromatic carbocycles. The maximum absolute atomic E-state index is 12.4. The van der Waals surface area contributed by atoms with E-state index in [1.165, 1.54) is 6.26 Å². The molecule has 1 atom stereocenters. The number of hydrogen-bond acceptors (Lipinski definition) is 6. The molecule has 1 heterocycles. The molecule has 1 unspecified atom stereocenters. The Bertz CT molecular complexity index is 939. The maximum atomic E-state index is 12.4. The van der Waals surface area contributed by atoms with E-state index in [1.807, 2.05) is 30.3 Å². The smallest absolute Gasteiger partial charge is 0.342 e. The Kier molecular flexibility index (Phi) is 7.49. The molecular weight excluding hydrogens is 386 g/mol. The van der Waals surface area contributed by atoms with Gasteiger partial charge in [0.1, 0.15) is 36.0 Å². The van der Waals surface area contributed by atoms with Gasteiger partial charge in [-0.25, -0.2) is 4.79 Å². The zero-order valence-electron chi connectivity index (χ0n) is 16.6. The fourth-order valence-electron chi connectivity index (χ4n) is 2.69. The van der Waals surface area contributed by atoms with E-state index in [0.29, 0.717) is 18.1 Å². The van der Waals surface area contributed by atoms with Gasteiger partial charge >= 0.3 is 5.97 Å². The van der Waals surface area contributed by atoms with Crippen LogP contribution in [0.2, 0.25) is 0 Å². The lowest BCUT2D eigenvalue weighted by Crippen LogP contribution is -2.31. The van der Waals surface area contributed by atoms with Crippen LogP contribution in [0.25, 0.3) is 0 Å². The van der Waals surface area contributed by atoms with E-state index in [-0.39, 0.29) is 18.2 Å². The summed E-state index contributed by atoms with van der Waals surface area (Å²) in [5.41, 5.74) is 0.240. The van der Waals surface area contributed by atoms with Gasteiger partial charge in [-0.3, -0.25) is 4.79 Å². The van der Waals surface area contributed by atoms with Gasteiger partial charge in [0.25, 0.3) is 5.91 Å². The highest BCUT2D eigenvalue weighted by atomic mass is 16.5. The molecule has 1 amide bonds. The third-order valence-electron chi connectivity index (χ3n) is 4.14. The van der Waals surface area contributed by atoms with Crippen molar-refractivity contribution >= 4 is 11.9 Å². The fourth-order valence-corrected chi connectivity index (χ4v) is 2.69. The summed E-state index contributed by atoms with van der Waals surface area (Å²) in [5, 5.41) is 2.70. The molecule has 1 N–H and O–H groups in total. The molecule has 0 fully saturated rings. The topological polar surface area (TPSA) is 87.0 Å². The van der Waals surface area contributed by atoms with Gasteiger partial charge in [0.2, 0.25) is 0 Å². The average Bonchev–Trinajstić information content (AvgIpc) is 3.31. The Balaban J connectivity index is 1.46. The quantitative estimate of drug-likeness (QED) is 0.405. The number of nitrogens with one attached hydrogen (secondary N) is 1. The van der Waals surface area contributed by atoms with Crippen molar-refractivity contribution in [3.8, 4) is 11.5 Å². The Labute approximate surface area is 174 Å². The number of benzene rings is 2. The van der Waals surface area contributed by atoms with Crippen LogP contribution in [0.4, 0.5) is 0 Å². The first-order valence-electron chi connectivity index (χ1n) is 9.53. The average molecular weight is 409 g/mol. The number of para-hydroxylation sites is 2. The molecule has 0 aliphatic rings. The first-order chi connectivity index (χ1) is 14.6. The Hall–Kier alpha value is -3.74. The van der Waals surface area contributed by atoms with Crippen LogP contribution in [0.3, 0.4) is 0 Å². The minimum Gasteiger partial charge on any atom is -0.490 e. The molecule has 30 heavy (non-hydrogen) atoms. The van der Waals surface area contributed by atoms with Gasteiger partial charge < -0.3 is 23.9 Å². The standard InChI is InChI=1S/C23H23NO6/c1-17(20-12-7-13-28-20)24-22(25)16-30-23(26)19-10-5-6-11-21(19)29-15-14-27-18-8-3-2-4-9-18/h2-13,17H,14-16H2,1H3,(H,24,25). The summed E-state index contributed by atoms with van der Waals surface area (Å²) in [4.78, 5) is 24.4. The molecule has 7 nitrogen and oxygen atoms in total. The van der Waals surface area contributed by atoms with Crippen molar-refractivity contribution in [3.05, 3.63) is 84.3 Å². The molecule has 0 spiro atoms. The lowest BCUT2D eigenvalue weighted by molar-refractivity contribution is -0.125. The minimum absolute atomic E-state index is 0.240. The first-order valence-corrected chi connectivity index (χ1v) is 9.53. The molecule has 0 bridgehead atoms. The van der Waals surface area contributed by atoms with Crippen LogP contribution in [0, 0.1) is 0 Å². The van der Waals surface area contributed by atoms with Crippen LogP contribution in [0.15, 0.2) is 77.4 Å². The first kappa shape index (κ1) is 21.0. The molecular formula is C23H23NO6. The van der Waals surface area contributed by atoms with Crippen LogP contribution in [-0.4, -0.2) is 31.7 Å². The lowest BCUT2D eigenvalue weighted by atomic mass is 10.2. The Morgan fingerprint density at radius 1 is 0.933 bits per heavy atom. The van der Waals surface area contributed by atoms with E-state index >= 15 is 0 Å². The molecule has 156 valence electrons. The Morgan fingerprint density at radius 2 is 1.67 bits per heavy atom. The van der Waals surface area contributed by atoms with Gasteiger partial charge in [0, 0.05) is 0 Å². The molecule has 0 aliphatic heterocycles. The molecule has 3 rings (SSSR count). The molecule has 3 aromatic rings. The van der Waals surface area contributed by atoms with Crippen LogP contribution in [0.5, 0.6) is 11.5 Å². The summed E-state index contributed by atoms with van der Waals surface area (Å²) in [7, 11) is 0. The Morgan fingerprint density at radius 3 is 2.43 bits per heavy atom. The van der Waals surface area contributed by atoms with Gasteiger partial charge in [-0.15, -0.1) is 0 Å². The molecule has 1 aromatic heterocycles. The van der Waals surface area contributed by atoms with Crippen molar-refractivity contribution < 1.29 is 28.2 Å². The normalized spacial score (nSPS) is 11.4. The summed E-state index contributed by atoms with van der Waals surface area (Å²) in [5.74, 6) is 0.649. The summed E-state index contributed by atoms with van der Waals surface area (Å²) < 4.78 is 21.6. The number of amides is 1. The van der Waals surface area contributed by atoms with Crippen LogP contribution in [-0.2, 0) is 9.53 Å². The van der Waals surface area contributed by atoms with Crippen LogP contribution < -0.4 is 14.8 Å². The number of furan rings is 1. The summed E-state index contributed by atoms with van der Waals surface area (Å²) >= 11 is 0. The number of rotatable bonds is 10. The predicted molar refractivity (Wildman–Crippen MR) is 109 cm³/mol. The zero-order chi connectivity index (χ0) is 21.2. The van der Waals surface area contributed by atoms with Gasteiger partial charge in [0.05, 0.1) is 12.3 Å². The monoisotopic (exact) mass is 409 g/mol. The van der Waals surface area contributed by atoms with Gasteiger partial charge in [-0.1, -0.05) is 30.3 Å². The number of carbonyl (C=O) groups is 2. The second-order valence-electron chi connectivity index (χ2n) is 6.39. The highest BCUT2D eigenvalue weighted by Crippen LogP contribution is 2.19. The van der Waals surface area contributed by atoms with E-state index in [4.69, 9.17) is 18.6 Å². The van der Waals surface area contributed by atoms with Gasteiger partial charge in [0.15, 0.2) is 6.61 Å². The third kappa shape index (κ3) is 6.13. The van der Waals surface area contributed by atoms with E-state index in [2.05, 4.69) is 5.32 Å². The zero-order valence-corrected chi connectivity index (χ0v) is 16.6. The summed E-state index contributed by atoms with van der Waals surface area (Å²) in [6.45, 7) is 1.94.